The molecule has 1 aliphatic carbocycles. The molecule has 1 aromatic heterocycles. The number of sulfonamides is 1. The van der Waals surface area contributed by atoms with E-state index < -0.39 is 16.1 Å². The average Bonchev–Trinajstić information content (AvgIpc) is 3.39. The Hall–Kier alpha value is -2.44. The number of hydrogen-bond acceptors (Lipinski definition) is 6. The molecule has 36 heavy (non-hydrogen) atoms. The molecule has 7 nitrogen and oxygen atoms in total. The topological polar surface area (TPSA) is 83.0 Å². The summed E-state index contributed by atoms with van der Waals surface area (Å²) < 4.78 is 35.2. The second-order valence-electron chi connectivity index (χ2n) is 10.2. The highest BCUT2D eigenvalue weighted by Gasteiger charge is 2.38. The lowest BCUT2D eigenvalue weighted by atomic mass is 10.0. The normalized spacial score (nSPS) is 23.1. The summed E-state index contributed by atoms with van der Waals surface area (Å²) >= 11 is 0. The number of aliphatic hydroxyl groups is 1. The number of aromatic nitrogens is 1. The van der Waals surface area contributed by atoms with Gasteiger partial charge < -0.3 is 9.84 Å². The Labute approximate surface area is 215 Å². The number of pyridine rings is 1. The molecule has 2 heterocycles. The molecular weight excluding hydrogens is 474 g/mol. The summed E-state index contributed by atoms with van der Waals surface area (Å²) in [7, 11) is -1.83. The van der Waals surface area contributed by atoms with Gasteiger partial charge in [0.2, 0.25) is 10.0 Å². The molecule has 0 saturated heterocycles. The van der Waals surface area contributed by atoms with Crippen molar-refractivity contribution in [2.75, 3.05) is 26.7 Å². The maximum atomic E-state index is 13.7. The lowest BCUT2D eigenvalue weighted by Gasteiger charge is -2.37. The number of likely N-dealkylation sites (N-methyl/N-ethyl adjacent to an activating group) is 1. The van der Waals surface area contributed by atoms with Gasteiger partial charge in [0.1, 0.15) is 16.7 Å². The summed E-state index contributed by atoms with van der Waals surface area (Å²) in [5.41, 5.74) is 1.86. The molecule has 4 rings (SSSR count). The molecule has 0 bridgehead atoms. The van der Waals surface area contributed by atoms with Gasteiger partial charge in [-0.25, -0.2) is 8.42 Å². The zero-order valence-corrected chi connectivity index (χ0v) is 22.2. The molecule has 0 amide bonds. The molecule has 1 N–H and O–H groups in total. The van der Waals surface area contributed by atoms with E-state index in [0.717, 1.165) is 24.0 Å². The first-order chi connectivity index (χ1) is 17.3. The highest BCUT2D eigenvalue weighted by atomic mass is 32.2. The van der Waals surface area contributed by atoms with E-state index in [1.807, 2.05) is 32.3 Å². The third-order valence-electron chi connectivity index (χ3n) is 7.11. The second kappa shape index (κ2) is 11.7. The van der Waals surface area contributed by atoms with Crippen molar-refractivity contribution in [3.8, 4) is 17.6 Å². The van der Waals surface area contributed by atoms with Crippen molar-refractivity contribution in [3.05, 3.63) is 53.9 Å². The fraction of sp³-hybridized carbons (Fsp3) is 0.536. The number of benzene rings is 1. The Morgan fingerprint density at radius 2 is 2.06 bits per heavy atom. The molecule has 194 valence electrons. The van der Waals surface area contributed by atoms with Crippen LogP contribution in [0.15, 0.2) is 47.6 Å². The van der Waals surface area contributed by atoms with Gasteiger partial charge in [-0.3, -0.25) is 9.88 Å². The van der Waals surface area contributed by atoms with Crippen LogP contribution in [-0.4, -0.2) is 66.6 Å². The molecule has 0 unspecified atom stereocenters. The highest BCUT2D eigenvalue weighted by Crippen LogP contribution is 2.34. The summed E-state index contributed by atoms with van der Waals surface area (Å²) in [5, 5.41) is 9.84. The Morgan fingerprint density at radius 3 is 2.75 bits per heavy atom. The monoisotopic (exact) mass is 511 g/mol. The largest absolute Gasteiger partial charge is 0.487 e. The molecular formula is C28H37N3O4S. The summed E-state index contributed by atoms with van der Waals surface area (Å²) in [6.07, 6.45) is 8.03. The first-order valence-corrected chi connectivity index (χ1v) is 14.2. The van der Waals surface area contributed by atoms with E-state index in [1.165, 1.54) is 17.1 Å². The van der Waals surface area contributed by atoms with Gasteiger partial charge in [0.15, 0.2) is 0 Å². The van der Waals surface area contributed by atoms with Crippen molar-refractivity contribution in [3.63, 3.8) is 0 Å². The van der Waals surface area contributed by atoms with E-state index in [4.69, 9.17) is 4.74 Å². The molecule has 1 aromatic carbocycles. The fourth-order valence-corrected chi connectivity index (χ4v) is 6.78. The zero-order valence-electron chi connectivity index (χ0n) is 21.4. The summed E-state index contributed by atoms with van der Waals surface area (Å²) in [4.78, 5) is 6.49. The SMILES string of the molecule is C[C@H](CO)N1C[C@H](C)[C@@H](CN(C)Cc2cccnc2)Oc2cc(C#CC3CCCC3)ccc2S1(=O)=O. The zero-order chi connectivity index (χ0) is 25.7. The van der Waals surface area contributed by atoms with Gasteiger partial charge in [-0.2, -0.15) is 4.31 Å². The van der Waals surface area contributed by atoms with Gasteiger partial charge in [-0.15, -0.1) is 0 Å². The Balaban J connectivity index is 1.66. The number of rotatable bonds is 6. The minimum Gasteiger partial charge on any atom is -0.487 e. The first kappa shape index (κ1) is 26.6. The Morgan fingerprint density at radius 1 is 1.28 bits per heavy atom. The van der Waals surface area contributed by atoms with Gasteiger partial charge >= 0.3 is 0 Å². The van der Waals surface area contributed by atoms with Crippen molar-refractivity contribution in [1.29, 1.82) is 0 Å². The number of ether oxygens (including phenoxy) is 1. The predicted octanol–water partition coefficient (Wildman–Crippen LogP) is 3.52. The molecule has 2 aromatic rings. The quantitative estimate of drug-likeness (QED) is 0.598. The van der Waals surface area contributed by atoms with Crippen molar-refractivity contribution >= 4 is 10.0 Å². The molecule has 1 fully saturated rings. The third kappa shape index (κ3) is 6.27. The maximum Gasteiger partial charge on any atom is 0.247 e. The summed E-state index contributed by atoms with van der Waals surface area (Å²) in [5.74, 6) is 7.24. The number of aliphatic hydroxyl groups excluding tert-OH is 1. The van der Waals surface area contributed by atoms with Crippen LogP contribution in [0.1, 0.15) is 50.7 Å². The van der Waals surface area contributed by atoms with Crippen LogP contribution in [0.3, 0.4) is 0 Å². The number of fused-ring (bicyclic) bond motifs is 1. The van der Waals surface area contributed by atoms with E-state index >= 15 is 0 Å². The third-order valence-corrected chi connectivity index (χ3v) is 9.13. The molecule has 0 spiro atoms. The molecule has 1 aliphatic heterocycles. The minimum absolute atomic E-state index is 0.105. The van der Waals surface area contributed by atoms with E-state index in [0.29, 0.717) is 24.8 Å². The van der Waals surface area contributed by atoms with Gasteiger partial charge in [-0.1, -0.05) is 37.7 Å². The minimum atomic E-state index is -3.86. The fourth-order valence-electron chi connectivity index (χ4n) is 4.95. The molecule has 2 aliphatic rings. The van der Waals surface area contributed by atoms with Crippen molar-refractivity contribution in [2.45, 2.75) is 63.1 Å². The maximum absolute atomic E-state index is 13.7. The van der Waals surface area contributed by atoms with Crippen LogP contribution < -0.4 is 4.74 Å². The van der Waals surface area contributed by atoms with E-state index in [9.17, 15) is 13.5 Å². The van der Waals surface area contributed by atoms with Gasteiger partial charge in [-0.05, 0) is 56.6 Å². The molecule has 8 heteroatoms. The smallest absolute Gasteiger partial charge is 0.247 e. The highest BCUT2D eigenvalue weighted by molar-refractivity contribution is 7.89. The van der Waals surface area contributed by atoms with Crippen LogP contribution in [0.2, 0.25) is 0 Å². The van der Waals surface area contributed by atoms with Crippen molar-refractivity contribution in [1.82, 2.24) is 14.2 Å². The van der Waals surface area contributed by atoms with Crippen molar-refractivity contribution in [2.24, 2.45) is 11.8 Å². The van der Waals surface area contributed by atoms with Gasteiger partial charge in [0.25, 0.3) is 0 Å². The van der Waals surface area contributed by atoms with Crippen molar-refractivity contribution < 1.29 is 18.3 Å². The van der Waals surface area contributed by atoms with Crippen LogP contribution in [-0.2, 0) is 16.6 Å². The van der Waals surface area contributed by atoms with E-state index in [-0.39, 0.29) is 30.1 Å². The Kier molecular flexibility index (Phi) is 8.68. The molecule has 3 atom stereocenters. The van der Waals surface area contributed by atoms with Crippen LogP contribution >= 0.6 is 0 Å². The molecule has 0 radical (unpaired) electrons. The van der Waals surface area contributed by atoms with Crippen LogP contribution in [0, 0.1) is 23.7 Å². The van der Waals surface area contributed by atoms with Gasteiger partial charge in [0.05, 0.1) is 6.61 Å². The molecule has 1 saturated carbocycles. The van der Waals surface area contributed by atoms with E-state index in [1.54, 1.807) is 31.3 Å². The lowest BCUT2D eigenvalue weighted by molar-refractivity contribution is 0.0733. The van der Waals surface area contributed by atoms with Crippen LogP contribution in [0.4, 0.5) is 0 Å². The first-order valence-electron chi connectivity index (χ1n) is 12.8. The van der Waals surface area contributed by atoms with Gasteiger partial charge in [0, 0.05) is 55.5 Å². The van der Waals surface area contributed by atoms with Crippen LogP contribution in [0.5, 0.6) is 5.75 Å². The number of hydrogen-bond donors (Lipinski definition) is 1. The number of nitrogens with zero attached hydrogens (tertiary/aromatic N) is 3. The summed E-state index contributed by atoms with van der Waals surface area (Å²) in [6.45, 7) is 5.06. The average molecular weight is 512 g/mol. The second-order valence-corrected chi connectivity index (χ2v) is 12.1. The Bertz CT molecular complexity index is 1190. The standard InChI is InChI=1S/C28H37N3O4S/c1-21-17-31(22(2)20-32)36(33,34)28-13-12-24(11-10-23-7-4-5-8-23)15-26(28)35-27(21)19-30(3)18-25-9-6-14-29-16-25/h6,9,12-16,21-23,27,32H,4-5,7-8,17-20H2,1-3H3/t21-,22+,27+/m0/s1. The van der Waals surface area contributed by atoms with Crippen LogP contribution in [0.25, 0.3) is 0 Å². The van der Waals surface area contributed by atoms with E-state index in [2.05, 4.69) is 21.7 Å². The predicted molar refractivity (Wildman–Crippen MR) is 140 cm³/mol. The lowest BCUT2D eigenvalue weighted by Crippen LogP contribution is -2.49. The summed E-state index contributed by atoms with van der Waals surface area (Å²) in [6, 6.07) is 8.54.